The van der Waals surface area contributed by atoms with E-state index < -0.39 is 0 Å². The Morgan fingerprint density at radius 2 is 1.71 bits per heavy atom. The van der Waals surface area contributed by atoms with Crippen LogP contribution in [0.25, 0.3) is 16.8 Å². The van der Waals surface area contributed by atoms with Crippen molar-refractivity contribution in [2.45, 2.75) is 6.42 Å². The lowest BCUT2D eigenvalue weighted by molar-refractivity contribution is -0.122. The molecule has 0 atom stereocenters. The van der Waals surface area contributed by atoms with Crippen LogP contribution in [0.3, 0.4) is 0 Å². The number of nitrogens with two attached hydrogens (primary N) is 1. The number of rotatable bonds is 3. The molecule has 2 aromatic carbocycles. The molecule has 0 aliphatic carbocycles. The molecule has 1 amide bonds. The number of aromatic nitrogens is 2. The third kappa shape index (κ3) is 5.51. The quantitative estimate of drug-likeness (QED) is 0.628. The number of halogens is 1. The Labute approximate surface area is 178 Å². The van der Waals surface area contributed by atoms with E-state index in [9.17, 15) is 9.18 Å². The van der Waals surface area contributed by atoms with Crippen LogP contribution in [0.1, 0.15) is 22.3 Å². The highest BCUT2D eigenvalue weighted by Crippen LogP contribution is 2.24. The molecule has 4 rings (SSSR count). The Balaban J connectivity index is 0.000000858. The van der Waals surface area contributed by atoms with Crippen LogP contribution >= 0.6 is 0 Å². The van der Waals surface area contributed by atoms with Gasteiger partial charge in [-0.1, -0.05) is 30.3 Å². The topological polar surface area (TPSA) is 109 Å². The third-order valence-corrected chi connectivity index (χ3v) is 4.79. The van der Waals surface area contributed by atoms with E-state index in [1.54, 1.807) is 30.5 Å². The van der Waals surface area contributed by atoms with Crippen LogP contribution in [0.5, 0.6) is 0 Å². The molecule has 158 valence electrons. The van der Waals surface area contributed by atoms with E-state index in [1.165, 1.54) is 18.3 Å². The van der Waals surface area contributed by atoms with Crippen LogP contribution in [0.4, 0.5) is 10.2 Å². The lowest BCUT2D eigenvalue weighted by Crippen LogP contribution is -2.34. The molecule has 1 aromatic heterocycles. The van der Waals surface area contributed by atoms with Gasteiger partial charge in [-0.2, -0.15) is 0 Å². The maximum atomic E-state index is 13.1. The Kier molecular flexibility index (Phi) is 7.05. The number of anilines is 1. The van der Waals surface area contributed by atoms with E-state index >= 15 is 0 Å². The van der Waals surface area contributed by atoms with E-state index in [0.717, 1.165) is 23.1 Å². The van der Waals surface area contributed by atoms with Crippen LogP contribution in [-0.4, -0.2) is 45.4 Å². The van der Waals surface area contributed by atoms with Gasteiger partial charge in [-0.3, -0.25) is 14.6 Å². The molecule has 1 aliphatic heterocycles. The summed E-state index contributed by atoms with van der Waals surface area (Å²) in [7, 11) is 0. The monoisotopic (exact) mass is 420 g/mol. The Hall–Kier alpha value is -4.07. The van der Waals surface area contributed by atoms with Gasteiger partial charge >= 0.3 is 0 Å². The summed E-state index contributed by atoms with van der Waals surface area (Å²) >= 11 is 0. The van der Waals surface area contributed by atoms with Crippen molar-refractivity contribution in [1.82, 2.24) is 14.9 Å². The third-order valence-electron chi connectivity index (χ3n) is 4.79. The molecule has 0 fully saturated rings. The highest BCUT2D eigenvalue weighted by atomic mass is 19.1. The fraction of sp³-hybridized carbons (Fsp3) is 0.130. The minimum atomic E-state index is -0.250. The molecule has 0 unspecified atom stereocenters. The van der Waals surface area contributed by atoms with E-state index in [-0.39, 0.29) is 18.2 Å². The first-order valence-corrected chi connectivity index (χ1v) is 9.52. The lowest BCUT2D eigenvalue weighted by atomic mass is 9.99. The summed E-state index contributed by atoms with van der Waals surface area (Å²) in [5.41, 5.74) is 9.96. The van der Waals surface area contributed by atoms with Gasteiger partial charge in [0.25, 0.3) is 12.4 Å². The molecule has 1 aliphatic rings. The molecule has 3 aromatic rings. The van der Waals surface area contributed by atoms with Crippen molar-refractivity contribution < 1.29 is 19.1 Å². The molecule has 0 spiro atoms. The first-order chi connectivity index (χ1) is 15.0. The molecule has 0 bridgehead atoms. The number of carboxylic acid groups (broad SMARTS) is 1. The van der Waals surface area contributed by atoms with Gasteiger partial charge in [0, 0.05) is 24.2 Å². The van der Waals surface area contributed by atoms with E-state index in [4.69, 9.17) is 15.6 Å². The van der Waals surface area contributed by atoms with Gasteiger partial charge < -0.3 is 15.7 Å². The van der Waals surface area contributed by atoms with E-state index in [2.05, 4.69) is 9.97 Å². The summed E-state index contributed by atoms with van der Waals surface area (Å²) in [6.45, 7) is 0.915. The number of amides is 1. The number of hydrogen-bond acceptors (Lipinski definition) is 5. The SMILES string of the molecule is Nc1cncc(-c2ccc(C(=O)N3CC=C(c4ccc(F)cc4)CC3)cc2)n1.O=CO. The highest BCUT2D eigenvalue weighted by molar-refractivity contribution is 5.95. The Morgan fingerprint density at radius 1 is 1.06 bits per heavy atom. The molecule has 31 heavy (non-hydrogen) atoms. The number of hydrogen-bond donors (Lipinski definition) is 2. The molecule has 0 radical (unpaired) electrons. The van der Waals surface area contributed by atoms with Gasteiger partial charge in [0.2, 0.25) is 0 Å². The van der Waals surface area contributed by atoms with Gasteiger partial charge in [-0.25, -0.2) is 9.37 Å². The van der Waals surface area contributed by atoms with Gasteiger partial charge in [0.15, 0.2) is 0 Å². The molecule has 0 saturated heterocycles. The second-order valence-electron chi connectivity index (χ2n) is 6.75. The average Bonchev–Trinajstić information content (AvgIpc) is 2.80. The number of carbonyl (C=O) groups is 2. The fourth-order valence-electron chi connectivity index (χ4n) is 3.27. The zero-order valence-corrected chi connectivity index (χ0v) is 16.6. The number of nitrogens with zero attached hydrogens (tertiary/aromatic N) is 3. The van der Waals surface area contributed by atoms with Crippen LogP contribution in [0.15, 0.2) is 67.0 Å². The summed E-state index contributed by atoms with van der Waals surface area (Å²) in [4.78, 5) is 31.2. The first-order valence-electron chi connectivity index (χ1n) is 9.52. The summed E-state index contributed by atoms with van der Waals surface area (Å²) < 4.78 is 13.1. The molecular formula is C23H21FN4O3. The van der Waals surface area contributed by atoms with Crippen molar-refractivity contribution >= 4 is 23.8 Å². The maximum Gasteiger partial charge on any atom is 0.290 e. The minimum Gasteiger partial charge on any atom is -0.483 e. The average molecular weight is 420 g/mol. The minimum absolute atomic E-state index is 0.0142. The van der Waals surface area contributed by atoms with Crippen LogP contribution in [0, 0.1) is 5.82 Å². The van der Waals surface area contributed by atoms with Crippen molar-refractivity contribution in [2.75, 3.05) is 18.8 Å². The number of nitrogen functional groups attached to an aromatic ring is 1. The Bertz CT molecular complexity index is 1080. The molecular weight excluding hydrogens is 399 g/mol. The predicted octanol–water partition coefficient (Wildman–Crippen LogP) is 3.50. The van der Waals surface area contributed by atoms with Crippen LogP contribution < -0.4 is 5.73 Å². The van der Waals surface area contributed by atoms with Gasteiger partial charge in [0.1, 0.15) is 11.6 Å². The second-order valence-corrected chi connectivity index (χ2v) is 6.75. The van der Waals surface area contributed by atoms with Crippen molar-refractivity contribution in [2.24, 2.45) is 0 Å². The predicted molar refractivity (Wildman–Crippen MR) is 115 cm³/mol. The zero-order valence-electron chi connectivity index (χ0n) is 16.6. The van der Waals surface area contributed by atoms with E-state index in [1.807, 2.05) is 23.1 Å². The summed E-state index contributed by atoms with van der Waals surface area (Å²) in [6, 6.07) is 13.7. The summed E-state index contributed by atoms with van der Waals surface area (Å²) in [5.74, 6) is 0.0962. The number of carbonyl (C=O) groups excluding carboxylic acids is 1. The molecule has 7 nitrogen and oxygen atoms in total. The second kappa shape index (κ2) is 10.1. The van der Waals surface area contributed by atoms with Crippen molar-refractivity contribution in [3.05, 3.63) is 83.9 Å². The first kappa shape index (κ1) is 21.6. The zero-order chi connectivity index (χ0) is 22.2. The van der Waals surface area contributed by atoms with E-state index in [0.29, 0.717) is 30.2 Å². The molecule has 0 saturated carbocycles. The van der Waals surface area contributed by atoms with Crippen LogP contribution in [0.2, 0.25) is 0 Å². The lowest BCUT2D eigenvalue weighted by Gasteiger charge is -2.27. The van der Waals surface area contributed by atoms with Gasteiger partial charge in [-0.05, 0) is 41.8 Å². The van der Waals surface area contributed by atoms with Crippen molar-refractivity contribution in [3.63, 3.8) is 0 Å². The Morgan fingerprint density at radius 3 is 2.29 bits per heavy atom. The fourth-order valence-corrected chi connectivity index (χ4v) is 3.27. The van der Waals surface area contributed by atoms with Crippen molar-refractivity contribution in [1.29, 1.82) is 0 Å². The van der Waals surface area contributed by atoms with Gasteiger partial charge in [-0.15, -0.1) is 0 Å². The molecule has 8 heteroatoms. The highest BCUT2D eigenvalue weighted by Gasteiger charge is 2.19. The summed E-state index contributed by atoms with van der Waals surface area (Å²) in [6.07, 6.45) is 5.91. The van der Waals surface area contributed by atoms with Crippen LogP contribution in [-0.2, 0) is 4.79 Å². The number of benzene rings is 2. The maximum absolute atomic E-state index is 13.1. The van der Waals surface area contributed by atoms with Gasteiger partial charge in [0.05, 0.1) is 18.1 Å². The molecule has 3 N–H and O–H groups in total. The summed E-state index contributed by atoms with van der Waals surface area (Å²) in [5, 5.41) is 6.89. The normalized spacial score (nSPS) is 12.9. The smallest absolute Gasteiger partial charge is 0.290 e. The van der Waals surface area contributed by atoms with Crippen molar-refractivity contribution in [3.8, 4) is 11.3 Å². The standard InChI is InChI=1S/C22H19FN4O.CH2O2/c23-19-7-5-15(6-8-19)16-9-11-27(12-10-16)22(28)18-3-1-17(2-4-18)20-13-25-14-21(24)26-20;2-1-3/h1-9,13-14H,10-12H2,(H2,24,26);1H,(H,2,3). The molecule has 2 heterocycles. The largest absolute Gasteiger partial charge is 0.483 e.